The highest BCUT2D eigenvalue weighted by Crippen LogP contribution is 2.54. The minimum Gasteiger partial charge on any atom is -0.440 e. The third kappa shape index (κ3) is 2.41. The molecule has 0 saturated carbocycles. The van der Waals surface area contributed by atoms with Gasteiger partial charge in [0.25, 0.3) is 5.56 Å². The van der Waals surface area contributed by atoms with E-state index in [9.17, 15) is 14.9 Å². The number of fused-ring (bicyclic) bond motifs is 4. The van der Waals surface area contributed by atoms with E-state index in [0.717, 1.165) is 5.56 Å². The van der Waals surface area contributed by atoms with Gasteiger partial charge in [0.1, 0.15) is 17.4 Å². The molecule has 1 atom stereocenters. The van der Waals surface area contributed by atoms with E-state index in [0.29, 0.717) is 23.5 Å². The Labute approximate surface area is 184 Å². The lowest BCUT2D eigenvalue weighted by atomic mass is 9.69. The van der Waals surface area contributed by atoms with Crippen LogP contribution < -0.4 is 20.9 Å². The summed E-state index contributed by atoms with van der Waals surface area (Å²) in [6, 6.07) is 20.5. The summed E-state index contributed by atoms with van der Waals surface area (Å²) in [5, 5.41) is 10.1. The third-order valence-electron chi connectivity index (χ3n) is 6.31. The number of anilines is 1. The summed E-state index contributed by atoms with van der Waals surface area (Å²) in [6.45, 7) is 2.06. The van der Waals surface area contributed by atoms with E-state index < -0.39 is 16.9 Å². The molecule has 7 heteroatoms. The maximum atomic E-state index is 14.3. The quantitative estimate of drug-likeness (QED) is 0.681. The molecule has 2 aliphatic rings. The Morgan fingerprint density at radius 3 is 2.50 bits per heavy atom. The van der Waals surface area contributed by atoms with Crippen LogP contribution in [0, 0.1) is 18.3 Å². The van der Waals surface area contributed by atoms with Crippen molar-refractivity contribution in [2.75, 3.05) is 4.90 Å². The molecule has 5 rings (SSSR count). The van der Waals surface area contributed by atoms with Gasteiger partial charge in [-0.25, -0.2) is 0 Å². The highest BCUT2D eigenvalue weighted by molar-refractivity contribution is 6.14. The second-order valence-corrected chi connectivity index (χ2v) is 7.99. The van der Waals surface area contributed by atoms with Crippen LogP contribution in [0.1, 0.15) is 22.4 Å². The maximum absolute atomic E-state index is 14.3. The molecule has 2 N–H and O–H groups in total. The van der Waals surface area contributed by atoms with Crippen molar-refractivity contribution < 1.29 is 9.53 Å². The number of hydrogen-bond acceptors (Lipinski definition) is 5. The topological polar surface area (TPSA) is 101 Å². The van der Waals surface area contributed by atoms with Crippen LogP contribution in [0.15, 0.2) is 76.9 Å². The highest BCUT2D eigenvalue weighted by Gasteiger charge is 2.60. The first-order chi connectivity index (χ1) is 15.4. The summed E-state index contributed by atoms with van der Waals surface area (Å²) in [7, 11) is 1.63. The van der Waals surface area contributed by atoms with Gasteiger partial charge in [-0.2, -0.15) is 5.26 Å². The van der Waals surface area contributed by atoms with Gasteiger partial charge in [0.05, 0.1) is 12.1 Å². The number of amides is 1. The number of nitrogens with zero attached hydrogens (tertiary/aromatic N) is 3. The number of hydrogen-bond donors (Lipinski definition) is 1. The molecule has 2 aromatic carbocycles. The fourth-order valence-corrected chi connectivity index (χ4v) is 4.70. The lowest BCUT2D eigenvalue weighted by Crippen LogP contribution is -2.49. The van der Waals surface area contributed by atoms with Crippen LogP contribution in [0.4, 0.5) is 5.69 Å². The number of nitrogens with two attached hydrogens (primary N) is 1. The minimum absolute atomic E-state index is 0.0704. The molecule has 32 heavy (non-hydrogen) atoms. The standard InChI is InChI=1S/C25H20N4O3/c1-15-12-20-21(23(30)28(15)2)25(18(13-26)22(27)32-20)17-10-6-7-11-19(17)29(24(25)31)14-16-8-4-3-5-9-16/h3-12H,14,27H2,1-2H3/t25-/m0/s1. The molecule has 0 aliphatic carbocycles. The Kier molecular flexibility index (Phi) is 4.21. The van der Waals surface area contributed by atoms with Gasteiger partial charge in [0, 0.05) is 30.1 Å². The second kappa shape index (κ2) is 6.86. The van der Waals surface area contributed by atoms with Crippen molar-refractivity contribution in [1.82, 2.24) is 4.57 Å². The zero-order valence-electron chi connectivity index (χ0n) is 17.6. The van der Waals surface area contributed by atoms with Crippen LogP contribution in [0.5, 0.6) is 5.75 Å². The predicted molar refractivity (Wildman–Crippen MR) is 119 cm³/mol. The number of aryl methyl sites for hydroxylation is 1. The number of aromatic nitrogens is 1. The summed E-state index contributed by atoms with van der Waals surface area (Å²) in [5.41, 5.74) is 6.91. The van der Waals surface area contributed by atoms with Crippen molar-refractivity contribution in [3.63, 3.8) is 0 Å². The Morgan fingerprint density at radius 2 is 1.78 bits per heavy atom. The molecule has 3 heterocycles. The number of nitriles is 1. The molecule has 1 aromatic heterocycles. The van der Waals surface area contributed by atoms with Crippen molar-refractivity contribution in [2.24, 2.45) is 12.8 Å². The Hall–Kier alpha value is -4.31. The van der Waals surface area contributed by atoms with Crippen LogP contribution >= 0.6 is 0 Å². The van der Waals surface area contributed by atoms with Crippen molar-refractivity contribution >= 4 is 11.6 Å². The summed E-state index contributed by atoms with van der Waals surface area (Å²) in [5.74, 6) is -0.364. The van der Waals surface area contributed by atoms with Gasteiger partial charge in [0.15, 0.2) is 5.41 Å². The van der Waals surface area contributed by atoms with Crippen LogP contribution in [0.3, 0.4) is 0 Å². The molecule has 0 fully saturated rings. The molecule has 0 saturated heterocycles. The number of para-hydroxylation sites is 1. The van der Waals surface area contributed by atoms with Gasteiger partial charge >= 0.3 is 0 Å². The first kappa shape index (κ1) is 19.6. The smallest absolute Gasteiger partial charge is 0.259 e. The van der Waals surface area contributed by atoms with Gasteiger partial charge in [0.2, 0.25) is 11.8 Å². The molecule has 3 aromatic rings. The lowest BCUT2D eigenvalue weighted by molar-refractivity contribution is -0.121. The molecule has 158 valence electrons. The Bertz CT molecular complexity index is 1420. The van der Waals surface area contributed by atoms with E-state index in [1.807, 2.05) is 42.5 Å². The summed E-state index contributed by atoms with van der Waals surface area (Å²) in [6.07, 6.45) is 0. The number of rotatable bonds is 2. The van der Waals surface area contributed by atoms with Gasteiger partial charge in [-0.05, 0) is 18.6 Å². The first-order valence-corrected chi connectivity index (χ1v) is 10.2. The van der Waals surface area contributed by atoms with Gasteiger partial charge in [-0.1, -0.05) is 48.5 Å². The van der Waals surface area contributed by atoms with Gasteiger partial charge in [-0.3, -0.25) is 9.59 Å². The van der Waals surface area contributed by atoms with Crippen molar-refractivity contribution in [3.05, 3.63) is 105 Å². The molecule has 0 unspecified atom stereocenters. The van der Waals surface area contributed by atoms with Crippen LogP contribution in [-0.4, -0.2) is 10.5 Å². The molecule has 2 aliphatic heterocycles. The average molecular weight is 424 g/mol. The van der Waals surface area contributed by atoms with Crippen LogP contribution in [-0.2, 0) is 23.8 Å². The Morgan fingerprint density at radius 1 is 1.09 bits per heavy atom. The molecule has 7 nitrogen and oxygen atoms in total. The van der Waals surface area contributed by atoms with E-state index in [1.165, 1.54) is 4.57 Å². The molecule has 1 spiro atoms. The van der Waals surface area contributed by atoms with E-state index in [4.69, 9.17) is 10.5 Å². The molecular weight excluding hydrogens is 404 g/mol. The van der Waals surface area contributed by atoms with Crippen molar-refractivity contribution in [2.45, 2.75) is 18.9 Å². The summed E-state index contributed by atoms with van der Waals surface area (Å²) in [4.78, 5) is 29.4. The van der Waals surface area contributed by atoms with E-state index in [1.54, 1.807) is 37.1 Å². The van der Waals surface area contributed by atoms with E-state index in [-0.39, 0.29) is 22.8 Å². The average Bonchev–Trinajstić information content (AvgIpc) is 3.02. The zero-order valence-corrected chi connectivity index (χ0v) is 17.6. The normalized spacial score (nSPS) is 18.9. The van der Waals surface area contributed by atoms with Crippen molar-refractivity contribution in [3.8, 4) is 11.8 Å². The number of pyridine rings is 1. The fourth-order valence-electron chi connectivity index (χ4n) is 4.70. The largest absolute Gasteiger partial charge is 0.440 e. The Balaban J connectivity index is 1.86. The lowest BCUT2D eigenvalue weighted by Gasteiger charge is -2.34. The highest BCUT2D eigenvalue weighted by atomic mass is 16.5. The van der Waals surface area contributed by atoms with E-state index in [2.05, 4.69) is 6.07 Å². The first-order valence-electron chi connectivity index (χ1n) is 10.2. The number of carbonyl (C=O) groups is 1. The number of ether oxygens (including phenoxy) is 1. The SMILES string of the molecule is Cc1cc2c(c(=O)n1C)[C@@]1(C(=O)N(Cc3ccccc3)c3ccccc31)C(C#N)=C(N)O2. The molecule has 1 amide bonds. The fraction of sp³-hybridized carbons (Fsp3) is 0.160. The molecular formula is C25H20N4O3. The monoisotopic (exact) mass is 424 g/mol. The van der Waals surface area contributed by atoms with Crippen molar-refractivity contribution in [1.29, 1.82) is 5.26 Å². The molecule has 0 radical (unpaired) electrons. The minimum atomic E-state index is -1.67. The second-order valence-electron chi connectivity index (χ2n) is 7.99. The summed E-state index contributed by atoms with van der Waals surface area (Å²) < 4.78 is 7.16. The van der Waals surface area contributed by atoms with Gasteiger partial charge < -0.3 is 19.9 Å². The number of benzene rings is 2. The maximum Gasteiger partial charge on any atom is 0.259 e. The predicted octanol–water partition coefficient (Wildman–Crippen LogP) is 2.61. The van der Waals surface area contributed by atoms with Crippen LogP contribution in [0.2, 0.25) is 0 Å². The van der Waals surface area contributed by atoms with Crippen LogP contribution in [0.25, 0.3) is 0 Å². The summed E-state index contributed by atoms with van der Waals surface area (Å²) >= 11 is 0. The van der Waals surface area contributed by atoms with E-state index >= 15 is 0 Å². The number of carbonyl (C=O) groups excluding carboxylic acids is 1. The van der Waals surface area contributed by atoms with Gasteiger partial charge in [-0.15, -0.1) is 0 Å². The third-order valence-corrected chi connectivity index (χ3v) is 6.31. The molecule has 0 bridgehead atoms. The zero-order chi connectivity index (χ0) is 22.6.